The van der Waals surface area contributed by atoms with E-state index in [1.54, 1.807) is 42.2 Å². The van der Waals surface area contributed by atoms with E-state index in [-0.39, 0.29) is 30.0 Å². The van der Waals surface area contributed by atoms with Crippen molar-refractivity contribution in [2.45, 2.75) is 25.3 Å². The minimum absolute atomic E-state index is 0.0589. The number of amides is 2. The number of carbonyl (C=O) groups excluding carboxylic acids is 2. The predicted molar refractivity (Wildman–Crippen MR) is 146 cm³/mol. The van der Waals surface area contributed by atoms with Crippen LogP contribution in [0.4, 0.5) is 4.39 Å². The Kier molecular flexibility index (Phi) is 6.94. The van der Waals surface area contributed by atoms with Crippen LogP contribution in [0.15, 0.2) is 72.9 Å². The predicted octanol–water partition coefficient (Wildman–Crippen LogP) is 4.58. The SMILES string of the molecule is Cn1ccc(C(=O)N2CCc3cc4ccc3C2c2cccc(c2)OCCCNC(=O)Cc2ccc(F)c(c2)O4)n1. The maximum atomic E-state index is 14.7. The van der Waals surface area contributed by atoms with E-state index in [9.17, 15) is 14.0 Å². The second-order valence-electron chi connectivity index (χ2n) is 10.1. The van der Waals surface area contributed by atoms with Gasteiger partial charge in [-0.2, -0.15) is 5.10 Å². The third-order valence-electron chi connectivity index (χ3n) is 7.21. The fourth-order valence-electron chi connectivity index (χ4n) is 5.30. The Morgan fingerprint density at radius 1 is 1.07 bits per heavy atom. The number of rotatable bonds is 1. The molecule has 0 fully saturated rings. The topological polar surface area (TPSA) is 85.7 Å². The summed E-state index contributed by atoms with van der Waals surface area (Å²) in [6.45, 7) is 1.34. The van der Waals surface area contributed by atoms with Crippen molar-refractivity contribution in [1.82, 2.24) is 20.0 Å². The Hall–Kier alpha value is -4.66. The fourth-order valence-corrected chi connectivity index (χ4v) is 5.30. The lowest BCUT2D eigenvalue weighted by atomic mass is 9.87. The molecule has 1 atom stereocenters. The van der Waals surface area contributed by atoms with E-state index in [0.717, 1.165) is 16.7 Å². The number of nitrogens with one attached hydrogen (secondary N) is 1. The molecule has 9 heteroatoms. The summed E-state index contributed by atoms with van der Waals surface area (Å²) in [5.74, 6) is 0.407. The van der Waals surface area contributed by atoms with Crippen LogP contribution < -0.4 is 14.8 Å². The minimum atomic E-state index is -0.508. The van der Waals surface area contributed by atoms with Crippen molar-refractivity contribution >= 4 is 11.8 Å². The van der Waals surface area contributed by atoms with Crippen molar-refractivity contribution in [1.29, 1.82) is 0 Å². The van der Waals surface area contributed by atoms with Gasteiger partial charge in [-0.15, -0.1) is 0 Å². The fraction of sp³-hybridized carbons (Fsp3) is 0.258. The van der Waals surface area contributed by atoms with Gasteiger partial charge in [0.2, 0.25) is 5.91 Å². The summed E-state index contributed by atoms with van der Waals surface area (Å²) in [7, 11) is 1.78. The van der Waals surface area contributed by atoms with Gasteiger partial charge in [0, 0.05) is 26.3 Å². The Balaban J connectivity index is 1.42. The van der Waals surface area contributed by atoms with Crippen molar-refractivity contribution < 1.29 is 23.5 Å². The summed E-state index contributed by atoms with van der Waals surface area (Å²) in [6.07, 6.45) is 3.09. The normalized spacial score (nSPS) is 17.1. The molecule has 0 aliphatic carbocycles. The number of hydrogen-bond donors (Lipinski definition) is 1. The first-order valence-electron chi connectivity index (χ1n) is 13.3. The van der Waals surface area contributed by atoms with Gasteiger partial charge in [-0.1, -0.05) is 24.3 Å². The van der Waals surface area contributed by atoms with Gasteiger partial charge in [0.25, 0.3) is 5.91 Å². The van der Waals surface area contributed by atoms with Crippen molar-refractivity contribution in [3.63, 3.8) is 0 Å². The van der Waals surface area contributed by atoms with E-state index in [4.69, 9.17) is 9.47 Å². The van der Waals surface area contributed by atoms with E-state index in [1.165, 1.54) is 6.07 Å². The third-order valence-corrected chi connectivity index (χ3v) is 7.21. The summed E-state index contributed by atoms with van der Waals surface area (Å²) in [4.78, 5) is 27.9. The molecule has 8 nitrogen and oxygen atoms in total. The molecule has 1 unspecified atom stereocenters. The third kappa shape index (κ3) is 5.27. The number of benzene rings is 3. The van der Waals surface area contributed by atoms with E-state index >= 15 is 0 Å². The smallest absolute Gasteiger partial charge is 0.275 e. The quantitative estimate of drug-likeness (QED) is 0.382. The van der Waals surface area contributed by atoms with Gasteiger partial charge >= 0.3 is 0 Å². The summed E-state index contributed by atoms with van der Waals surface area (Å²) in [5, 5.41) is 7.23. The number of nitrogens with zero attached hydrogens (tertiary/aromatic N) is 3. The van der Waals surface area contributed by atoms with E-state index in [0.29, 0.717) is 55.3 Å². The van der Waals surface area contributed by atoms with Gasteiger partial charge in [0.05, 0.1) is 19.1 Å². The van der Waals surface area contributed by atoms with E-state index < -0.39 is 5.82 Å². The van der Waals surface area contributed by atoms with Crippen molar-refractivity contribution in [3.05, 3.63) is 107 Å². The van der Waals surface area contributed by atoms with Crippen LogP contribution in [-0.2, 0) is 24.7 Å². The highest BCUT2D eigenvalue weighted by Crippen LogP contribution is 2.39. The number of ether oxygens (including phenoxy) is 2. The highest BCUT2D eigenvalue weighted by atomic mass is 19.1. The minimum Gasteiger partial charge on any atom is -0.494 e. The van der Waals surface area contributed by atoms with Crippen LogP contribution in [0.5, 0.6) is 17.2 Å². The molecule has 3 aliphatic rings. The summed E-state index contributed by atoms with van der Waals surface area (Å²) < 4.78 is 28.3. The monoisotopic (exact) mass is 540 g/mol. The molecule has 4 heterocycles. The Labute approximate surface area is 231 Å². The van der Waals surface area contributed by atoms with Crippen LogP contribution in [-0.4, -0.2) is 46.2 Å². The standard InChI is InChI=1S/C31H29FN4O4/c1-35-13-11-27(34-35)31(38)36-14-10-21-18-24-7-8-25(21)30(36)22-4-2-5-23(19-22)39-15-3-12-33-29(37)17-20-6-9-26(32)28(16-20)40-24/h2,4-9,11,13,16,18-19,30H,3,10,12,14-15,17H2,1H3,(H,33,37). The molecule has 3 aromatic carbocycles. The van der Waals surface area contributed by atoms with Crippen molar-refractivity contribution in [2.75, 3.05) is 19.7 Å². The first kappa shape index (κ1) is 25.6. The summed E-state index contributed by atoms with van der Waals surface area (Å²) >= 11 is 0. The molecule has 1 N–H and O–H groups in total. The average Bonchev–Trinajstić information content (AvgIpc) is 3.39. The van der Waals surface area contributed by atoms with Crippen LogP contribution in [0.1, 0.15) is 45.2 Å². The maximum absolute atomic E-state index is 14.7. The highest BCUT2D eigenvalue weighted by Gasteiger charge is 2.34. The van der Waals surface area contributed by atoms with Gasteiger partial charge in [-0.05, 0) is 77.6 Å². The molecule has 4 aromatic rings. The van der Waals surface area contributed by atoms with Crippen LogP contribution in [0, 0.1) is 5.82 Å². The zero-order valence-electron chi connectivity index (χ0n) is 22.1. The van der Waals surface area contributed by atoms with Gasteiger partial charge in [-0.3, -0.25) is 14.3 Å². The number of carbonyl (C=O) groups is 2. The zero-order chi connectivity index (χ0) is 27.6. The molecule has 40 heavy (non-hydrogen) atoms. The second-order valence-corrected chi connectivity index (χ2v) is 10.1. The molecule has 0 spiro atoms. The van der Waals surface area contributed by atoms with E-state index in [1.807, 2.05) is 41.3 Å². The van der Waals surface area contributed by atoms with E-state index in [2.05, 4.69) is 10.4 Å². The first-order valence-corrected chi connectivity index (χ1v) is 13.3. The second kappa shape index (κ2) is 10.8. The maximum Gasteiger partial charge on any atom is 0.275 e. The number of halogens is 1. The Bertz CT molecular complexity index is 1580. The average molecular weight is 541 g/mol. The Morgan fingerprint density at radius 2 is 1.98 bits per heavy atom. The van der Waals surface area contributed by atoms with Crippen LogP contribution >= 0.6 is 0 Å². The van der Waals surface area contributed by atoms with Crippen molar-refractivity contribution in [3.8, 4) is 17.2 Å². The van der Waals surface area contributed by atoms with Gasteiger partial charge in [-0.25, -0.2) is 4.39 Å². The number of aryl methyl sites for hydroxylation is 1. The molecule has 0 saturated heterocycles. The molecular weight excluding hydrogens is 511 g/mol. The molecule has 204 valence electrons. The molecule has 1 aromatic heterocycles. The highest BCUT2D eigenvalue weighted by molar-refractivity contribution is 5.93. The largest absolute Gasteiger partial charge is 0.494 e. The van der Waals surface area contributed by atoms with Crippen LogP contribution in [0.2, 0.25) is 0 Å². The summed E-state index contributed by atoms with van der Waals surface area (Å²) in [5.41, 5.74) is 3.91. The number of fused-ring (bicyclic) bond motifs is 7. The molecule has 7 rings (SSSR count). The van der Waals surface area contributed by atoms with Crippen LogP contribution in [0.25, 0.3) is 0 Å². The van der Waals surface area contributed by atoms with Gasteiger partial charge in [0.1, 0.15) is 17.2 Å². The number of aromatic nitrogens is 2. The van der Waals surface area contributed by atoms with Crippen molar-refractivity contribution in [2.24, 2.45) is 7.05 Å². The summed E-state index contributed by atoms with van der Waals surface area (Å²) in [6, 6.07) is 19.2. The lowest BCUT2D eigenvalue weighted by Crippen LogP contribution is -2.40. The molecule has 0 saturated carbocycles. The number of hydrogen-bond acceptors (Lipinski definition) is 5. The lowest BCUT2D eigenvalue weighted by Gasteiger charge is -2.37. The van der Waals surface area contributed by atoms with Gasteiger partial charge in [0.15, 0.2) is 11.6 Å². The van der Waals surface area contributed by atoms with Crippen LogP contribution in [0.3, 0.4) is 0 Å². The molecular formula is C31H29FN4O4. The lowest BCUT2D eigenvalue weighted by molar-refractivity contribution is -0.120. The van der Waals surface area contributed by atoms with Gasteiger partial charge < -0.3 is 19.7 Å². The first-order chi connectivity index (χ1) is 19.4. The molecule has 0 radical (unpaired) electrons. The Morgan fingerprint density at radius 3 is 2.83 bits per heavy atom. The molecule has 3 aliphatic heterocycles. The zero-order valence-corrected chi connectivity index (χ0v) is 22.1. The molecule has 8 bridgehead atoms. The molecule has 2 amide bonds.